The number of carbonyl (C=O) groups excluding carboxylic acids is 2. The van der Waals surface area contributed by atoms with E-state index in [0.29, 0.717) is 44.0 Å². The zero-order valence-electron chi connectivity index (χ0n) is 22.8. The van der Waals surface area contributed by atoms with E-state index in [4.69, 9.17) is 9.47 Å². The number of anilines is 4. The lowest BCUT2D eigenvalue weighted by Gasteiger charge is -2.38. The molecule has 0 saturated carbocycles. The number of nitrogens with one attached hydrogen (secondary N) is 3. The van der Waals surface area contributed by atoms with E-state index >= 15 is 0 Å². The summed E-state index contributed by atoms with van der Waals surface area (Å²) in [6, 6.07) is 16.5. The zero-order valence-corrected chi connectivity index (χ0v) is 22.8. The highest BCUT2D eigenvalue weighted by atomic mass is 19.4. The molecule has 41 heavy (non-hydrogen) atoms. The van der Waals surface area contributed by atoms with Crippen molar-refractivity contribution in [3.63, 3.8) is 0 Å². The Kier molecular flexibility index (Phi) is 9.56. The maximum Gasteiger partial charge on any atom is 0.418 e. The second-order valence-electron chi connectivity index (χ2n) is 9.25. The minimum atomic E-state index is -4.63. The van der Waals surface area contributed by atoms with Crippen molar-refractivity contribution in [1.29, 1.82) is 0 Å². The van der Waals surface area contributed by atoms with Crippen LogP contribution in [0, 0.1) is 0 Å². The van der Waals surface area contributed by atoms with Crippen LogP contribution in [0.15, 0.2) is 66.7 Å². The molecule has 3 amide bonds. The van der Waals surface area contributed by atoms with Gasteiger partial charge in [-0.25, -0.2) is 4.79 Å². The van der Waals surface area contributed by atoms with E-state index in [-0.39, 0.29) is 23.8 Å². The van der Waals surface area contributed by atoms with Crippen LogP contribution in [0.25, 0.3) is 0 Å². The Labute approximate surface area is 236 Å². The number of carbonyl (C=O) groups is 2. The summed E-state index contributed by atoms with van der Waals surface area (Å²) < 4.78 is 50.5. The lowest BCUT2D eigenvalue weighted by Crippen LogP contribution is -2.47. The molecule has 1 heterocycles. The summed E-state index contributed by atoms with van der Waals surface area (Å²) in [5.74, 6) is 0.418. The molecule has 218 valence electrons. The first kappa shape index (κ1) is 29.5. The first-order chi connectivity index (χ1) is 19.7. The summed E-state index contributed by atoms with van der Waals surface area (Å²) >= 11 is 0. The zero-order chi connectivity index (χ0) is 29.4. The first-order valence-corrected chi connectivity index (χ1v) is 13.0. The van der Waals surface area contributed by atoms with Gasteiger partial charge in [0.2, 0.25) is 0 Å². The second-order valence-corrected chi connectivity index (χ2v) is 9.25. The van der Waals surface area contributed by atoms with Gasteiger partial charge in [-0.2, -0.15) is 13.2 Å². The van der Waals surface area contributed by atoms with Crippen LogP contribution < -0.4 is 30.5 Å². The quantitative estimate of drug-likeness (QED) is 0.311. The number of alkyl halides is 3. The summed E-state index contributed by atoms with van der Waals surface area (Å²) in [5, 5.41) is 7.59. The van der Waals surface area contributed by atoms with E-state index in [1.165, 1.54) is 31.4 Å². The molecule has 0 bridgehead atoms. The van der Waals surface area contributed by atoms with E-state index in [1.54, 1.807) is 19.2 Å². The van der Waals surface area contributed by atoms with Gasteiger partial charge in [0.25, 0.3) is 5.91 Å². The summed E-state index contributed by atoms with van der Waals surface area (Å²) in [6.07, 6.45) is -4.63. The molecule has 1 aliphatic rings. The van der Waals surface area contributed by atoms with Crippen LogP contribution in [0.2, 0.25) is 0 Å². The Morgan fingerprint density at radius 1 is 0.854 bits per heavy atom. The van der Waals surface area contributed by atoms with Gasteiger partial charge >= 0.3 is 12.2 Å². The highest BCUT2D eigenvalue weighted by Crippen LogP contribution is 2.35. The molecule has 0 spiro atoms. The monoisotopic (exact) mass is 571 g/mol. The number of nitrogens with zero attached hydrogens (tertiary/aromatic N) is 2. The first-order valence-electron chi connectivity index (χ1n) is 13.0. The highest BCUT2D eigenvalue weighted by Gasteiger charge is 2.33. The van der Waals surface area contributed by atoms with Gasteiger partial charge < -0.3 is 35.2 Å². The summed E-state index contributed by atoms with van der Waals surface area (Å²) in [4.78, 5) is 30.1. The number of hydrogen-bond acceptors (Lipinski definition) is 6. The average molecular weight is 572 g/mol. The predicted octanol–water partition coefficient (Wildman–Crippen LogP) is 5.06. The van der Waals surface area contributed by atoms with Gasteiger partial charge in [0, 0.05) is 51.2 Å². The molecule has 1 saturated heterocycles. The SMILES string of the molecule is COCCNC(=O)c1cc(NC(=O)Nc2ccccc2C(F)(F)F)ccc1N1CCN(c2ccccc2OC)CC1. The van der Waals surface area contributed by atoms with Crippen molar-refractivity contribution in [2.45, 2.75) is 6.18 Å². The molecule has 9 nitrogen and oxygen atoms in total. The fourth-order valence-corrected chi connectivity index (χ4v) is 4.64. The number of para-hydroxylation sites is 3. The van der Waals surface area contributed by atoms with Crippen LogP contribution in [-0.2, 0) is 10.9 Å². The molecule has 3 N–H and O–H groups in total. The Hall–Kier alpha value is -4.45. The number of piperazine rings is 1. The topological polar surface area (TPSA) is 95.2 Å². The number of ether oxygens (including phenoxy) is 2. The summed E-state index contributed by atoms with van der Waals surface area (Å²) in [6.45, 7) is 3.22. The van der Waals surface area contributed by atoms with Crippen LogP contribution in [0.4, 0.5) is 40.7 Å². The van der Waals surface area contributed by atoms with Crippen molar-refractivity contribution in [3.8, 4) is 5.75 Å². The maximum atomic E-state index is 13.3. The van der Waals surface area contributed by atoms with Crippen molar-refractivity contribution in [2.24, 2.45) is 0 Å². The molecule has 0 unspecified atom stereocenters. The molecule has 4 rings (SSSR count). The summed E-state index contributed by atoms with van der Waals surface area (Å²) in [5.41, 5.74) is 0.897. The Balaban J connectivity index is 1.52. The Morgan fingerprint density at radius 3 is 2.20 bits per heavy atom. The van der Waals surface area contributed by atoms with Gasteiger partial charge in [0.05, 0.1) is 36.2 Å². The number of halogens is 3. The van der Waals surface area contributed by atoms with E-state index in [9.17, 15) is 22.8 Å². The molecule has 0 radical (unpaired) electrons. The van der Waals surface area contributed by atoms with Gasteiger partial charge in [0.1, 0.15) is 5.75 Å². The number of hydrogen-bond donors (Lipinski definition) is 3. The molecular weight excluding hydrogens is 539 g/mol. The fourth-order valence-electron chi connectivity index (χ4n) is 4.64. The van der Waals surface area contributed by atoms with E-state index in [0.717, 1.165) is 17.5 Å². The molecule has 12 heteroatoms. The lowest BCUT2D eigenvalue weighted by molar-refractivity contribution is -0.136. The van der Waals surface area contributed by atoms with Gasteiger partial charge in [-0.1, -0.05) is 24.3 Å². The smallest absolute Gasteiger partial charge is 0.418 e. The van der Waals surface area contributed by atoms with Gasteiger partial charge in [0.15, 0.2) is 0 Å². The number of amides is 3. The van der Waals surface area contributed by atoms with E-state index < -0.39 is 17.8 Å². The molecule has 0 aliphatic carbocycles. The average Bonchev–Trinajstić information content (AvgIpc) is 2.97. The standard InChI is InChI=1S/C29H32F3N5O4/c1-40-18-13-33-27(38)21-19-20(34-28(39)35-23-8-4-3-7-22(23)29(30,31)32)11-12-24(21)36-14-16-37(17-15-36)25-9-5-6-10-26(25)41-2/h3-12,19H,13-18H2,1-2H3,(H,33,38)(H2,34,35,39). The van der Waals surface area contributed by atoms with E-state index in [2.05, 4.69) is 25.8 Å². The molecule has 3 aromatic carbocycles. The molecular formula is C29H32F3N5O4. The summed E-state index contributed by atoms with van der Waals surface area (Å²) in [7, 11) is 3.16. The third-order valence-corrected chi connectivity index (χ3v) is 6.62. The van der Waals surface area contributed by atoms with Crippen molar-refractivity contribution in [2.75, 3.05) is 74.0 Å². The number of rotatable bonds is 9. The predicted molar refractivity (Wildman–Crippen MR) is 152 cm³/mol. The second kappa shape index (κ2) is 13.3. The minimum absolute atomic E-state index is 0.250. The Morgan fingerprint density at radius 2 is 1.51 bits per heavy atom. The van der Waals surface area contributed by atoms with Crippen LogP contribution in [0.1, 0.15) is 15.9 Å². The third kappa shape index (κ3) is 7.40. The normalized spacial score (nSPS) is 13.5. The third-order valence-electron chi connectivity index (χ3n) is 6.62. The number of urea groups is 1. The van der Waals surface area contributed by atoms with Crippen molar-refractivity contribution in [3.05, 3.63) is 77.9 Å². The molecule has 0 atom stereocenters. The Bertz CT molecular complexity index is 1360. The maximum absolute atomic E-state index is 13.3. The van der Waals surface area contributed by atoms with Crippen molar-refractivity contribution >= 4 is 34.7 Å². The molecule has 0 aromatic heterocycles. The largest absolute Gasteiger partial charge is 0.495 e. The molecule has 3 aromatic rings. The minimum Gasteiger partial charge on any atom is -0.495 e. The van der Waals surface area contributed by atoms with Crippen LogP contribution >= 0.6 is 0 Å². The van der Waals surface area contributed by atoms with Crippen LogP contribution in [0.5, 0.6) is 5.75 Å². The highest BCUT2D eigenvalue weighted by molar-refractivity contribution is 6.04. The lowest BCUT2D eigenvalue weighted by atomic mass is 10.1. The number of methoxy groups -OCH3 is 2. The van der Waals surface area contributed by atoms with Crippen molar-refractivity contribution < 1.29 is 32.2 Å². The fraction of sp³-hybridized carbons (Fsp3) is 0.310. The molecule has 1 fully saturated rings. The van der Waals surface area contributed by atoms with Gasteiger partial charge in [-0.3, -0.25) is 4.79 Å². The van der Waals surface area contributed by atoms with Crippen LogP contribution in [-0.4, -0.2) is 65.5 Å². The van der Waals surface area contributed by atoms with E-state index in [1.807, 2.05) is 24.3 Å². The van der Waals surface area contributed by atoms with Crippen LogP contribution in [0.3, 0.4) is 0 Å². The molecule has 1 aliphatic heterocycles. The number of benzene rings is 3. The van der Waals surface area contributed by atoms with Gasteiger partial charge in [-0.15, -0.1) is 0 Å². The van der Waals surface area contributed by atoms with Gasteiger partial charge in [-0.05, 0) is 42.5 Å². The van der Waals surface area contributed by atoms with Crippen molar-refractivity contribution in [1.82, 2.24) is 5.32 Å².